The van der Waals surface area contributed by atoms with Gasteiger partial charge in [0.1, 0.15) is 10.8 Å². The van der Waals surface area contributed by atoms with Crippen LogP contribution < -0.4 is 15.6 Å². The number of benzene rings is 2. The number of hydrogen-bond donors (Lipinski definition) is 1. The maximum atomic E-state index is 13.4. The van der Waals surface area contributed by atoms with Gasteiger partial charge in [-0.15, -0.1) is 11.3 Å². The number of carbonyl (C=O) groups is 2. The molecule has 12 heteroatoms. The molecule has 0 saturated heterocycles. The SMILES string of the molecule is CCOC(=O)c1nn(-c2ccc(C(F)(F)F)cc2)c(=O)c2c(NC(=O)C(C)Oc3ccccc3)scc12. The average molecular weight is 532 g/mol. The van der Waals surface area contributed by atoms with Crippen molar-refractivity contribution in [1.29, 1.82) is 0 Å². The lowest BCUT2D eigenvalue weighted by molar-refractivity contribution is -0.137. The van der Waals surface area contributed by atoms with E-state index in [9.17, 15) is 27.6 Å². The highest BCUT2D eigenvalue weighted by Gasteiger charge is 2.30. The predicted molar refractivity (Wildman–Crippen MR) is 131 cm³/mol. The van der Waals surface area contributed by atoms with Gasteiger partial charge in [-0.3, -0.25) is 9.59 Å². The van der Waals surface area contributed by atoms with E-state index in [1.165, 1.54) is 12.3 Å². The second-order valence-corrected chi connectivity index (χ2v) is 8.63. The molecule has 2 aromatic heterocycles. The topological polar surface area (TPSA) is 99.5 Å². The third kappa shape index (κ3) is 5.48. The van der Waals surface area contributed by atoms with Crippen LogP contribution in [0.25, 0.3) is 16.5 Å². The Morgan fingerprint density at radius 3 is 2.41 bits per heavy atom. The van der Waals surface area contributed by atoms with Crippen LogP contribution in [0.2, 0.25) is 0 Å². The number of aromatic nitrogens is 2. The number of rotatable bonds is 7. The zero-order valence-corrected chi connectivity index (χ0v) is 20.4. The molecule has 0 aliphatic rings. The summed E-state index contributed by atoms with van der Waals surface area (Å²) in [5, 5.41) is 8.43. The van der Waals surface area contributed by atoms with Gasteiger partial charge < -0.3 is 14.8 Å². The molecule has 0 aliphatic carbocycles. The van der Waals surface area contributed by atoms with E-state index in [2.05, 4.69) is 10.4 Å². The summed E-state index contributed by atoms with van der Waals surface area (Å²) in [6.45, 7) is 3.15. The molecule has 2 aromatic carbocycles. The molecule has 0 aliphatic heterocycles. The number of thiophene rings is 1. The lowest BCUT2D eigenvalue weighted by Crippen LogP contribution is -2.31. The number of para-hydroxylation sites is 1. The summed E-state index contributed by atoms with van der Waals surface area (Å²) in [6, 6.07) is 12.4. The second kappa shape index (κ2) is 10.4. The van der Waals surface area contributed by atoms with Crippen molar-refractivity contribution in [1.82, 2.24) is 9.78 Å². The summed E-state index contributed by atoms with van der Waals surface area (Å²) in [4.78, 5) is 38.9. The number of nitrogens with zero attached hydrogens (tertiary/aromatic N) is 2. The molecule has 1 amide bonds. The fourth-order valence-corrected chi connectivity index (χ4v) is 4.37. The molecule has 0 bridgehead atoms. The third-order valence-electron chi connectivity index (χ3n) is 5.22. The summed E-state index contributed by atoms with van der Waals surface area (Å²) >= 11 is 0.991. The number of alkyl halides is 3. The summed E-state index contributed by atoms with van der Waals surface area (Å²) < 4.78 is 50.5. The quantitative estimate of drug-likeness (QED) is 0.335. The molecule has 1 N–H and O–H groups in total. The van der Waals surface area contributed by atoms with Gasteiger partial charge in [-0.05, 0) is 50.2 Å². The number of halogens is 3. The highest BCUT2D eigenvalue weighted by atomic mass is 32.1. The Labute approximate surface area is 212 Å². The minimum absolute atomic E-state index is 0.00490. The first-order valence-corrected chi connectivity index (χ1v) is 11.9. The summed E-state index contributed by atoms with van der Waals surface area (Å²) in [6.07, 6.45) is -5.50. The largest absolute Gasteiger partial charge is 0.481 e. The van der Waals surface area contributed by atoms with Gasteiger partial charge >= 0.3 is 12.1 Å². The van der Waals surface area contributed by atoms with E-state index in [4.69, 9.17) is 9.47 Å². The molecular formula is C25H20F3N3O5S. The van der Waals surface area contributed by atoms with Gasteiger partial charge in [0.25, 0.3) is 11.5 Å². The highest BCUT2D eigenvalue weighted by Crippen LogP contribution is 2.32. The molecule has 37 heavy (non-hydrogen) atoms. The fraction of sp³-hybridized carbons (Fsp3) is 0.200. The first-order valence-electron chi connectivity index (χ1n) is 11.0. The number of fused-ring (bicyclic) bond motifs is 1. The molecule has 8 nitrogen and oxygen atoms in total. The van der Waals surface area contributed by atoms with Crippen molar-refractivity contribution in [3.8, 4) is 11.4 Å². The minimum atomic E-state index is -4.57. The Balaban J connectivity index is 1.76. The van der Waals surface area contributed by atoms with Crippen molar-refractivity contribution in [3.63, 3.8) is 0 Å². The maximum absolute atomic E-state index is 13.4. The predicted octanol–water partition coefficient (Wildman–Crippen LogP) is 5.05. The van der Waals surface area contributed by atoms with Gasteiger partial charge in [-0.1, -0.05) is 18.2 Å². The van der Waals surface area contributed by atoms with Gasteiger partial charge in [0.15, 0.2) is 11.8 Å². The smallest absolute Gasteiger partial charge is 0.416 e. The zero-order valence-electron chi connectivity index (χ0n) is 19.5. The van der Waals surface area contributed by atoms with Crippen molar-refractivity contribution >= 4 is 39.0 Å². The van der Waals surface area contributed by atoms with Crippen LogP contribution in [0, 0.1) is 0 Å². The van der Waals surface area contributed by atoms with Crippen molar-refractivity contribution < 1.29 is 32.2 Å². The van der Waals surface area contributed by atoms with Gasteiger partial charge in [0.05, 0.1) is 23.2 Å². The second-order valence-electron chi connectivity index (χ2n) is 7.75. The van der Waals surface area contributed by atoms with Crippen molar-refractivity contribution in [2.45, 2.75) is 26.1 Å². The van der Waals surface area contributed by atoms with Gasteiger partial charge in [0, 0.05) is 10.8 Å². The van der Waals surface area contributed by atoms with E-state index in [-0.39, 0.29) is 33.8 Å². The summed E-state index contributed by atoms with van der Waals surface area (Å²) in [5.41, 5.74) is -1.88. The highest BCUT2D eigenvalue weighted by molar-refractivity contribution is 7.16. The van der Waals surface area contributed by atoms with Crippen LogP contribution in [0.3, 0.4) is 0 Å². The average Bonchev–Trinajstić information content (AvgIpc) is 3.28. The molecule has 0 fully saturated rings. The van der Waals surface area contributed by atoms with E-state index < -0.39 is 35.3 Å². The number of anilines is 1. The number of ether oxygens (including phenoxy) is 2. The number of esters is 1. The maximum Gasteiger partial charge on any atom is 0.416 e. The Bertz CT molecular complexity index is 1500. The van der Waals surface area contributed by atoms with E-state index in [0.29, 0.717) is 5.75 Å². The molecule has 1 atom stereocenters. The number of nitrogens with one attached hydrogen (secondary N) is 1. The van der Waals surface area contributed by atoms with Crippen molar-refractivity contribution in [2.24, 2.45) is 0 Å². The number of hydrogen-bond acceptors (Lipinski definition) is 7. The minimum Gasteiger partial charge on any atom is -0.481 e. The molecular weight excluding hydrogens is 511 g/mol. The van der Waals surface area contributed by atoms with Crippen LogP contribution in [-0.2, 0) is 15.7 Å². The van der Waals surface area contributed by atoms with Crippen LogP contribution in [0.5, 0.6) is 5.75 Å². The third-order valence-corrected chi connectivity index (χ3v) is 6.12. The Morgan fingerprint density at radius 2 is 1.78 bits per heavy atom. The van der Waals surface area contributed by atoms with Gasteiger partial charge in [-0.2, -0.15) is 23.0 Å². The number of carbonyl (C=O) groups excluding carboxylic acids is 2. The molecule has 0 spiro atoms. The van der Waals surface area contributed by atoms with E-state index in [0.717, 1.165) is 40.3 Å². The molecule has 2 heterocycles. The Hall–Kier alpha value is -4.19. The summed E-state index contributed by atoms with van der Waals surface area (Å²) in [7, 11) is 0. The van der Waals surface area contributed by atoms with Crippen molar-refractivity contribution in [2.75, 3.05) is 11.9 Å². The van der Waals surface area contributed by atoms with Gasteiger partial charge in [0.2, 0.25) is 0 Å². The zero-order chi connectivity index (χ0) is 26.7. The van der Waals surface area contributed by atoms with Crippen LogP contribution in [0.15, 0.2) is 64.8 Å². The molecule has 4 aromatic rings. The van der Waals surface area contributed by atoms with Crippen molar-refractivity contribution in [3.05, 3.63) is 81.6 Å². The van der Waals surface area contributed by atoms with Crippen LogP contribution in [0.1, 0.15) is 29.9 Å². The number of amides is 1. The Kier molecular flexibility index (Phi) is 7.30. The first-order chi connectivity index (χ1) is 17.6. The van der Waals surface area contributed by atoms with Crippen LogP contribution in [-0.4, -0.2) is 34.4 Å². The Morgan fingerprint density at radius 1 is 1.11 bits per heavy atom. The fourth-order valence-electron chi connectivity index (χ4n) is 3.43. The van der Waals surface area contributed by atoms with Crippen LogP contribution in [0.4, 0.5) is 18.2 Å². The molecule has 0 radical (unpaired) electrons. The van der Waals surface area contributed by atoms with E-state index in [1.54, 1.807) is 37.3 Å². The van der Waals surface area contributed by atoms with Gasteiger partial charge in [-0.25, -0.2) is 4.79 Å². The monoisotopic (exact) mass is 531 g/mol. The molecule has 0 saturated carbocycles. The standard InChI is InChI=1S/C25H20F3N3O5S/c1-3-35-24(34)20-18-13-37-22(29-21(32)14(2)36-17-7-5-4-6-8-17)19(18)23(33)31(30-20)16-11-9-15(10-12-16)25(26,27)28/h4-14H,3H2,1-2H3,(H,29,32). The lowest BCUT2D eigenvalue weighted by Gasteiger charge is -2.14. The van der Waals surface area contributed by atoms with E-state index >= 15 is 0 Å². The lowest BCUT2D eigenvalue weighted by atomic mass is 10.2. The molecule has 192 valence electrons. The summed E-state index contributed by atoms with van der Waals surface area (Å²) in [5.74, 6) is -0.910. The molecule has 4 rings (SSSR count). The normalized spacial score (nSPS) is 12.2. The van der Waals surface area contributed by atoms with Crippen LogP contribution >= 0.6 is 11.3 Å². The van der Waals surface area contributed by atoms with E-state index in [1.807, 2.05) is 0 Å². The first kappa shape index (κ1) is 25.9. The molecule has 1 unspecified atom stereocenters.